The van der Waals surface area contributed by atoms with Crippen molar-refractivity contribution in [1.82, 2.24) is 19.7 Å². The number of aromatic hydroxyl groups is 1. The molecule has 136 valence electrons. The number of hydrogen-bond acceptors (Lipinski definition) is 6. The third kappa shape index (κ3) is 3.88. The van der Waals surface area contributed by atoms with Crippen molar-refractivity contribution in [3.63, 3.8) is 0 Å². The summed E-state index contributed by atoms with van der Waals surface area (Å²) in [4.78, 5) is 9.23. The van der Waals surface area contributed by atoms with Gasteiger partial charge in [0.1, 0.15) is 11.6 Å². The molecule has 0 radical (unpaired) electrons. The highest BCUT2D eigenvalue weighted by Crippen LogP contribution is 2.27. The second-order valence-corrected chi connectivity index (χ2v) is 6.85. The van der Waals surface area contributed by atoms with Crippen LogP contribution in [0.5, 0.6) is 5.75 Å². The van der Waals surface area contributed by atoms with Crippen LogP contribution in [-0.4, -0.2) is 31.1 Å². The standard InChI is InChI=1S/C20H19N5OS/c1-27-20-23-18(22-15-8-5-9-16(26)12-15)17-13-21-25(19(17)24-20)11-10-14-6-3-2-4-7-14/h2-9,12-13,26H,10-11H2,1H3,(H,22,23,24). The highest BCUT2D eigenvalue weighted by Gasteiger charge is 2.13. The third-order valence-electron chi connectivity index (χ3n) is 4.22. The summed E-state index contributed by atoms with van der Waals surface area (Å²) in [5.74, 6) is 0.884. The second-order valence-electron chi connectivity index (χ2n) is 6.07. The van der Waals surface area contributed by atoms with Crippen molar-refractivity contribution >= 4 is 34.3 Å². The van der Waals surface area contributed by atoms with Gasteiger partial charge in [-0.3, -0.25) is 0 Å². The van der Waals surface area contributed by atoms with E-state index in [2.05, 4.69) is 32.5 Å². The van der Waals surface area contributed by atoms with Gasteiger partial charge in [0, 0.05) is 18.3 Å². The summed E-state index contributed by atoms with van der Waals surface area (Å²) in [5.41, 5.74) is 2.82. The smallest absolute Gasteiger partial charge is 0.191 e. The van der Waals surface area contributed by atoms with E-state index in [0.29, 0.717) is 11.0 Å². The first kappa shape index (κ1) is 17.4. The number of nitrogens with zero attached hydrogens (tertiary/aromatic N) is 4. The molecule has 0 saturated carbocycles. The molecule has 2 aromatic heterocycles. The van der Waals surface area contributed by atoms with E-state index in [1.165, 1.54) is 17.3 Å². The summed E-state index contributed by atoms with van der Waals surface area (Å²) in [7, 11) is 0. The Labute approximate surface area is 161 Å². The number of nitrogens with one attached hydrogen (secondary N) is 1. The largest absolute Gasteiger partial charge is 0.508 e. The van der Waals surface area contributed by atoms with Gasteiger partial charge in [-0.2, -0.15) is 5.10 Å². The van der Waals surface area contributed by atoms with Crippen LogP contribution in [-0.2, 0) is 13.0 Å². The predicted molar refractivity (Wildman–Crippen MR) is 109 cm³/mol. The van der Waals surface area contributed by atoms with Gasteiger partial charge >= 0.3 is 0 Å². The van der Waals surface area contributed by atoms with E-state index in [1.54, 1.807) is 24.4 Å². The van der Waals surface area contributed by atoms with Crippen molar-refractivity contribution in [1.29, 1.82) is 0 Å². The number of hydrogen-bond donors (Lipinski definition) is 2. The minimum Gasteiger partial charge on any atom is -0.508 e. The van der Waals surface area contributed by atoms with Crippen LogP contribution in [0.15, 0.2) is 66.0 Å². The Morgan fingerprint density at radius 1 is 1.07 bits per heavy atom. The van der Waals surface area contributed by atoms with Crippen molar-refractivity contribution < 1.29 is 5.11 Å². The fourth-order valence-electron chi connectivity index (χ4n) is 2.89. The summed E-state index contributed by atoms with van der Waals surface area (Å²) in [6.07, 6.45) is 4.62. The van der Waals surface area contributed by atoms with Crippen LogP contribution in [0.2, 0.25) is 0 Å². The van der Waals surface area contributed by atoms with Crippen molar-refractivity contribution in [3.8, 4) is 5.75 Å². The summed E-state index contributed by atoms with van der Waals surface area (Å²) in [6.45, 7) is 0.740. The lowest BCUT2D eigenvalue weighted by Gasteiger charge is -2.09. The monoisotopic (exact) mass is 377 g/mol. The first-order chi connectivity index (χ1) is 13.2. The van der Waals surface area contributed by atoms with Crippen molar-refractivity contribution in [2.75, 3.05) is 11.6 Å². The Balaban J connectivity index is 1.67. The molecule has 0 aliphatic carbocycles. The number of aromatic nitrogens is 4. The molecule has 0 fully saturated rings. The summed E-state index contributed by atoms with van der Waals surface area (Å²) < 4.78 is 1.91. The molecule has 27 heavy (non-hydrogen) atoms. The van der Waals surface area contributed by atoms with Gasteiger partial charge in [-0.05, 0) is 30.4 Å². The Morgan fingerprint density at radius 3 is 2.70 bits per heavy atom. The topological polar surface area (TPSA) is 75.9 Å². The quantitative estimate of drug-likeness (QED) is 0.387. The zero-order chi connectivity index (χ0) is 18.6. The van der Waals surface area contributed by atoms with E-state index < -0.39 is 0 Å². The lowest BCUT2D eigenvalue weighted by molar-refractivity contribution is 0.475. The van der Waals surface area contributed by atoms with Gasteiger partial charge < -0.3 is 10.4 Å². The maximum atomic E-state index is 9.69. The Kier molecular flexibility index (Phi) is 4.93. The van der Waals surface area contributed by atoms with E-state index in [-0.39, 0.29) is 5.75 Å². The average molecular weight is 377 g/mol. The minimum atomic E-state index is 0.203. The summed E-state index contributed by atoms with van der Waals surface area (Å²) >= 11 is 1.49. The molecular formula is C20H19N5OS. The molecule has 0 amide bonds. The number of fused-ring (bicyclic) bond motifs is 1. The van der Waals surface area contributed by atoms with E-state index in [1.807, 2.05) is 35.2 Å². The van der Waals surface area contributed by atoms with Crippen LogP contribution in [0.1, 0.15) is 5.56 Å². The van der Waals surface area contributed by atoms with Crippen LogP contribution in [0.25, 0.3) is 11.0 Å². The molecular weight excluding hydrogens is 358 g/mol. The van der Waals surface area contributed by atoms with Crippen LogP contribution in [0.3, 0.4) is 0 Å². The van der Waals surface area contributed by atoms with E-state index >= 15 is 0 Å². The van der Waals surface area contributed by atoms with Crippen molar-refractivity contribution in [3.05, 3.63) is 66.4 Å². The molecule has 2 heterocycles. The molecule has 4 rings (SSSR count). The van der Waals surface area contributed by atoms with Gasteiger partial charge in [0.2, 0.25) is 0 Å². The Bertz CT molecular complexity index is 1060. The van der Waals surface area contributed by atoms with Gasteiger partial charge in [-0.15, -0.1) is 0 Å². The molecule has 0 aliphatic rings. The molecule has 0 unspecified atom stereocenters. The number of phenols is 1. The zero-order valence-corrected chi connectivity index (χ0v) is 15.6. The van der Waals surface area contributed by atoms with Crippen molar-refractivity contribution in [2.45, 2.75) is 18.1 Å². The molecule has 2 aromatic carbocycles. The normalized spacial score (nSPS) is 11.0. The molecule has 2 N–H and O–H groups in total. The average Bonchev–Trinajstić information content (AvgIpc) is 3.10. The predicted octanol–water partition coefficient (Wildman–Crippen LogP) is 4.24. The van der Waals surface area contributed by atoms with Gasteiger partial charge in [-0.1, -0.05) is 48.2 Å². The fraction of sp³-hybridized carbons (Fsp3) is 0.150. The number of rotatable bonds is 6. The van der Waals surface area contributed by atoms with E-state index in [4.69, 9.17) is 0 Å². The number of benzene rings is 2. The highest BCUT2D eigenvalue weighted by molar-refractivity contribution is 7.98. The molecule has 0 saturated heterocycles. The molecule has 0 atom stereocenters. The van der Waals surface area contributed by atoms with Crippen LogP contribution in [0, 0.1) is 0 Å². The molecule has 6 nitrogen and oxygen atoms in total. The molecule has 0 spiro atoms. The lowest BCUT2D eigenvalue weighted by atomic mass is 10.1. The van der Waals surface area contributed by atoms with Gasteiger partial charge in [0.05, 0.1) is 11.6 Å². The first-order valence-corrected chi connectivity index (χ1v) is 9.83. The third-order valence-corrected chi connectivity index (χ3v) is 4.77. The number of anilines is 2. The minimum absolute atomic E-state index is 0.203. The summed E-state index contributed by atoms with van der Waals surface area (Å²) in [5, 5.41) is 19.0. The Hall–Kier alpha value is -3.06. The number of aryl methyl sites for hydroxylation is 2. The van der Waals surface area contributed by atoms with Crippen LogP contribution in [0.4, 0.5) is 11.5 Å². The number of thioether (sulfide) groups is 1. The molecule has 7 heteroatoms. The van der Waals surface area contributed by atoms with E-state index in [0.717, 1.165) is 29.7 Å². The van der Waals surface area contributed by atoms with Gasteiger partial charge in [0.25, 0.3) is 0 Å². The Morgan fingerprint density at radius 2 is 1.93 bits per heavy atom. The SMILES string of the molecule is CSc1nc(Nc2cccc(O)c2)c2cnn(CCc3ccccc3)c2n1. The lowest BCUT2D eigenvalue weighted by Crippen LogP contribution is -2.05. The zero-order valence-electron chi connectivity index (χ0n) is 14.8. The van der Waals surface area contributed by atoms with Crippen molar-refractivity contribution in [2.24, 2.45) is 0 Å². The van der Waals surface area contributed by atoms with E-state index in [9.17, 15) is 5.11 Å². The number of phenolic OH excluding ortho intramolecular Hbond substituents is 1. The van der Waals surface area contributed by atoms with Gasteiger partial charge in [0.15, 0.2) is 10.8 Å². The second kappa shape index (κ2) is 7.67. The van der Waals surface area contributed by atoms with Gasteiger partial charge in [-0.25, -0.2) is 14.6 Å². The van der Waals surface area contributed by atoms with Crippen LogP contribution >= 0.6 is 11.8 Å². The molecule has 0 bridgehead atoms. The molecule has 0 aliphatic heterocycles. The highest BCUT2D eigenvalue weighted by atomic mass is 32.2. The first-order valence-electron chi connectivity index (χ1n) is 8.60. The molecule has 4 aromatic rings. The summed E-state index contributed by atoms with van der Waals surface area (Å²) in [6, 6.07) is 17.3. The fourth-order valence-corrected chi connectivity index (χ4v) is 3.25. The maximum Gasteiger partial charge on any atom is 0.191 e. The maximum absolute atomic E-state index is 9.69. The van der Waals surface area contributed by atoms with Crippen LogP contribution < -0.4 is 5.32 Å².